The molecule has 2 aromatic heterocycles. The Morgan fingerprint density at radius 3 is 2.43 bits per heavy atom. The molecule has 28 heavy (non-hydrogen) atoms. The molecule has 6 nitrogen and oxygen atoms in total. The number of carbonyl (C=O) groups is 1. The maximum atomic E-state index is 13.5. The second-order valence-corrected chi connectivity index (χ2v) is 7.71. The molecule has 1 amide bonds. The molecule has 1 atom stereocenters. The van der Waals surface area contributed by atoms with Gasteiger partial charge in [-0.05, 0) is 30.0 Å². The molecule has 0 saturated heterocycles. The van der Waals surface area contributed by atoms with Gasteiger partial charge in [0.25, 0.3) is 0 Å². The summed E-state index contributed by atoms with van der Waals surface area (Å²) in [5.74, 6) is -0.119. The summed E-state index contributed by atoms with van der Waals surface area (Å²) < 4.78 is 15.3. The maximum absolute atomic E-state index is 13.5. The molecule has 0 aliphatic rings. The van der Waals surface area contributed by atoms with Crippen LogP contribution in [-0.2, 0) is 11.3 Å². The van der Waals surface area contributed by atoms with Crippen LogP contribution in [-0.4, -0.2) is 25.7 Å². The van der Waals surface area contributed by atoms with E-state index >= 15 is 0 Å². The molecular formula is C20H22FN5OS. The number of halogens is 1. The molecule has 146 valence electrons. The first kappa shape index (κ1) is 20.0. The minimum atomic E-state index is -0.599. The topological polar surface area (TPSA) is 86.7 Å². The molecule has 1 aromatic carbocycles. The monoisotopic (exact) mass is 399 g/mol. The lowest BCUT2D eigenvalue weighted by molar-refractivity contribution is -0.117. The van der Waals surface area contributed by atoms with Crippen molar-refractivity contribution in [3.63, 3.8) is 0 Å². The predicted octanol–water partition coefficient (Wildman–Crippen LogP) is 3.94. The fourth-order valence-electron chi connectivity index (χ4n) is 2.87. The smallest absolute Gasteiger partial charge is 0.235 e. The quantitative estimate of drug-likeness (QED) is 0.480. The fraction of sp³-hybridized carbons (Fsp3) is 0.300. The van der Waals surface area contributed by atoms with Gasteiger partial charge in [0.2, 0.25) is 11.9 Å². The predicted molar refractivity (Wildman–Crippen MR) is 107 cm³/mol. The van der Waals surface area contributed by atoms with Crippen molar-refractivity contribution in [2.45, 2.75) is 43.6 Å². The highest BCUT2D eigenvalue weighted by atomic mass is 32.2. The Balaban J connectivity index is 1.93. The normalized spacial score (nSPS) is 12.3. The van der Waals surface area contributed by atoms with Crippen LogP contribution in [0.1, 0.15) is 43.1 Å². The van der Waals surface area contributed by atoms with Crippen LogP contribution < -0.4 is 5.73 Å². The Hall–Kier alpha value is -2.74. The van der Waals surface area contributed by atoms with Crippen molar-refractivity contribution in [1.82, 2.24) is 19.7 Å². The molecule has 0 saturated carbocycles. The van der Waals surface area contributed by atoms with Gasteiger partial charge in [-0.15, -0.1) is 10.2 Å². The average molecular weight is 399 g/mol. The Kier molecular flexibility index (Phi) is 6.08. The van der Waals surface area contributed by atoms with Crippen molar-refractivity contribution < 1.29 is 9.18 Å². The average Bonchev–Trinajstić information content (AvgIpc) is 3.08. The first-order chi connectivity index (χ1) is 13.4. The van der Waals surface area contributed by atoms with Crippen LogP contribution in [0.2, 0.25) is 0 Å². The van der Waals surface area contributed by atoms with E-state index in [9.17, 15) is 9.18 Å². The van der Waals surface area contributed by atoms with Crippen molar-refractivity contribution in [3.8, 4) is 11.4 Å². The number of pyridine rings is 1. The van der Waals surface area contributed by atoms with Crippen molar-refractivity contribution in [2.75, 3.05) is 0 Å². The molecule has 8 heteroatoms. The molecule has 0 aliphatic heterocycles. The number of carbonyl (C=O) groups excluding carboxylic acids is 1. The molecule has 0 aliphatic carbocycles. The van der Waals surface area contributed by atoms with Gasteiger partial charge in [-0.3, -0.25) is 4.79 Å². The van der Waals surface area contributed by atoms with Gasteiger partial charge < -0.3 is 10.3 Å². The number of nitrogens with two attached hydrogens (primary N) is 1. The fourth-order valence-corrected chi connectivity index (χ4v) is 3.92. The third kappa shape index (κ3) is 4.22. The van der Waals surface area contributed by atoms with Crippen LogP contribution in [0.25, 0.3) is 11.4 Å². The minimum absolute atomic E-state index is 0.403. The van der Waals surface area contributed by atoms with E-state index in [1.54, 1.807) is 6.07 Å². The van der Waals surface area contributed by atoms with Crippen molar-refractivity contribution in [2.24, 2.45) is 5.73 Å². The highest BCUT2D eigenvalue weighted by molar-refractivity contribution is 8.00. The molecule has 0 spiro atoms. The summed E-state index contributed by atoms with van der Waals surface area (Å²) in [4.78, 5) is 15.7. The van der Waals surface area contributed by atoms with Crippen LogP contribution >= 0.6 is 11.8 Å². The Bertz CT molecular complexity index is 971. The zero-order chi connectivity index (χ0) is 20.3. The third-order valence-electron chi connectivity index (χ3n) is 4.41. The van der Waals surface area contributed by atoms with Crippen LogP contribution in [0.5, 0.6) is 0 Å². The van der Waals surface area contributed by atoms with Gasteiger partial charge in [0.05, 0.1) is 0 Å². The molecule has 1 unspecified atom stereocenters. The molecule has 3 aromatic rings. The number of aromatic nitrogens is 4. The molecule has 2 heterocycles. The molecule has 0 bridgehead atoms. The van der Waals surface area contributed by atoms with Crippen molar-refractivity contribution in [3.05, 3.63) is 59.7 Å². The summed E-state index contributed by atoms with van der Waals surface area (Å²) in [5.41, 5.74) is 8.24. The number of thioether (sulfide) groups is 1. The number of primary amides is 1. The van der Waals surface area contributed by atoms with Gasteiger partial charge in [0, 0.05) is 24.4 Å². The summed E-state index contributed by atoms with van der Waals surface area (Å²) in [5, 5.41) is 8.35. The van der Waals surface area contributed by atoms with E-state index in [2.05, 4.69) is 29.0 Å². The van der Waals surface area contributed by atoms with Crippen LogP contribution in [0.15, 0.2) is 47.8 Å². The molecule has 2 N–H and O–H groups in total. The summed E-state index contributed by atoms with van der Waals surface area (Å²) >= 11 is 1.24. The maximum Gasteiger partial charge on any atom is 0.235 e. The lowest BCUT2D eigenvalue weighted by Crippen LogP contribution is -2.19. The first-order valence-corrected chi connectivity index (χ1v) is 9.89. The SMILES string of the molecule is CCn1c(SC(C(N)=O)c2ccc(C(C)C)cc2)nnc1-c1ccnc(F)c1. The van der Waals surface area contributed by atoms with Gasteiger partial charge in [-0.2, -0.15) is 4.39 Å². The van der Waals surface area contributed by atoms with Crippen molar-refractivity contribution >= 4 is 17.7 Å². The zero-order valence-electron chi connectivity index (χ0n) is 16.0. The Morgan fingerprint density at radius 1 is 1.18 bits per heavy atom. The van der Waals surface area contributed by atoms with E-state index in [1.807, 2.05) is 35.8 Å². The standard InChI is InChI=1S/C20H22FN5OS/c1-4-26-19(15-9-10-23-16(21)11-15)24-25-20(26)28-17(18(22)27)14-7-5-13(6-8-14)12(2)3/h5-12,17H,4H2,1-3H3,(H2,22,27). The zero-order valence-corrected chi connectivity index (χ0v) is 16.8. The first-order valence-electron chi connectivity index (χ1n) is 9.01. The number of hydrogen-bond donors (Lipinski definition) is 1. The summed E-state index contributed by atoms with van der Waals surface area (Å²) in [6.45, 7) is 6.72. The van der Waals surface area contributed by atoms with E-state index in [0.29, 0.717) is 29.0 Å². The number of benzene rings is 1. The van der Waals surface area contributed by atoms with E-state index < -0.39 is 17.1 Å². The van der Waals surface area contributed by atoms with E-state index in [4.69, 9.17) is 5.73 Å². The lowest BCUT2D eigenvalue weighted by Gasteiger charge is -2.15. The van der Waals surface area contributed by atoms with Crippen molar-refractivity contribution in [1.29, 1.82) is 0 Å². The second kappa shape index (κ2) is 8.52. The minimum Gasteiger partial charge on any atom is -0.368 e. The second-order valence-electron chi connectivity index (χ2n) is 6.64. The van der Waals surface area contributed by atoms with Gasteiger partial charge in [0.1, 0.15) is 5.25 Å². The van der Waals surface area contributed by atoms with Gasteiger partial charge >= 0.3 is 0 Å². The molecular weight excluding hydrogens is 377 g/mol. The van der Waals surface area contributed by atoms with E-state index in [1.165, 1.54) is 29.6 Å². The highest BCUT2D eigenvalue weighted by Gasteiger charge is 2.24. The Morgan fingerprint density at radius 2 is 1.86 bits per heavy atom. The molecule has 3 rings (SSSR count). The number of rotatable bonds is 7. The van der Waals surface area contributed by atoms with E-state index in [-0.39, 0.29) is 0 Å². The lowest BCUT2D eigenvalue weighted by atomic mass is 10.0. The highest BCUT2D eigenvalue weighted by Crippen LogP contribution is 2.36. The number of hydrogen-bond acceptors (Lipinski definition) is 5. The van der Waals surface area contributed by atoms with E-state index in [0.717, 1.165) is 5.56 Å². The summed E-state index contributed by atoms with van der Waals surface area (Å²) in [6, 6.07) is 10.8. The van der Waals surface area contributed by atoms with Crippen LogP contribution in [0.3, 0.4) is 0 Å². The molecule has 0 radical (unpaired) electrons. The largest absolute Gasteiger partial charge is 0.368 e. The Labute approximate surface area is 167 Å². The van der Waals surface area contributed by atoms with Gasteiger partial charge in [0.15, 0.2) is 11.0 Å². The number of nitrogens with zero attached hydrogens (tertiary/aromatic N) is 4. The molecule has 0 fully saturated rings. The van der Waals surface area contributed by atoms with Crippen LogP contribution in [0, 0.1) is 5.95 Å². The number of amides is 1. The summed E-state index contributed by atoms with van der Waals surface area (Å²) in [7, 11) is 0. The van der Waals surface area contributed by atoms with Gasteiger partial charge in [-0.25, -0.2) is 4.98 Å². The third-order valence-corrected chi connectivity index (χ3v) is 5.66. The van der Waals surface area contributed by atoms with Crippen LogP contribution in [0.4, 0.5) is 4.39 Å². The van der Waals surface area contributed by atoms with Gasteiger partial charge in [-0.1, -0.05) is 49.9 Å². The summed E-state index contributed by atoms with van der Waals surface area (Å²) in [6.07, 6.45) is 1.38.